The van der Waals surface area contributed by atoms with Gasteiger partial charge in [-0.05, 0) is 18.7 Å². The zero-order chi connectivity index (χ0) is 14.7. The number of nitrogens with one attached hydrogen (secondary N) is 1. The Morgan fingerprint density at radius 2 is 2.00 bits per heavy atom. The molecule has 2 aromatic rings. The van der Waals surface area contributed by atoms with E-state index in [9.17, 15) is 4.79 Å². The number of carbonyl (C=O) groups excluding carboxylic acids is 1. The van der Waals surface area contributed by atoms with E-state index < -0.39 is 0 Å². The quantitative estimate of drug-likeness (QED) is 0.634. The van der Waals surface area contributed by atoms with Crippen LogP contribution in [0.1, 0.15) is 35.1 Å². The van der Waals surface area contributed by atoms with Gasteiger partial charge in [0.25, 0.3) is 0 Å². The predicted octanol–water partition coefficient (Wildman–Crippen LogP) is 4.43. The summed E-state index contributed by atoms with van der Waals surface area (Å²) in [7, 11) is 0. The molecule has 1 unspecified atom stereocenters. The third kappa shape index (κ3) is 2.99. The lowest BCUT2D eigenvalue weighted by atomic mass is 10.1. The van der Waals surface area contributed by atoms with Gasteiger partial charge in [0, 0.05) is 13.0 Å². The Morgan fingerprint density at radius 1 is 1.35 bits per heavy atom. The van der Waals surface area contributed by atoms with Crippen LogP contribution in [-0.4, -0.2) is 12.0 Å². The highest BCUT2D eigenvalue weighted by molar-refractivity contribution is 7.99. The van der Waals surface area contributed by atoms with Crippen LogP contribution in [0.25, 0.3) is 0 Å². The van der Waals surface area contributed by atoms with Crippen LogP contribution >= 0.6 is 23.1 Å². The number of nitrogen functional groups attached to an aromatic ring is 1. The number of thiophene rings is 1. The van der Waals surface area contributed by atoms with Crippen molar-refractivity contribution >= 4 is 39.6 Å². The number of benzene rings is 1. The van der Waals surface area contributed by atoms with E-state index in [4.69, 9.17) is 5.73 Å². The maximum atomic E-state index is 11.6. The van der Waals surface area contributed by atoms with Crippen LogP contribution in [0.5, 0.6) is 0 Å². The van der Waals surface area contributed by atoms with Crippen molar-refractivity contribution in [3.63, 3.8) is 0 Å². The summed E-state index contributed by atoms with van der Waals surface area (Å²) >= 11 is 3.00. The Hall–Kier alpha value is -1.46. The van der Waals surface area contributed by atoms with Gasteiger partial charge in [-0.2, -0.15) is 0 Å². The van der Waals surface area contributed by atoms with Gasteiger partial charge >= 0.3 is 0 Å². The van der Waals surface area contributed by atoms with Gasteiger partial charge in [-0.15, -0.1) is 23.1 Å². The molecule has 0 saturated heterocycles. The van der Waals surface area contributed by atoms with Gasteiger partial charge < -0.3 is 11.1 Å². The summed E-state index contributed by atoms with van der Waals surface area (Å²) in [6.45, 7) is 3.65. The second-order valence-electron chi connectivity index (χ2n) is 4.54. The second kappa shape index (κ2) is 6.33. The minimum absolute atomic E-state index is 0.0169. The Kier molecular flexibility index (Phi) is 4.73. The number of thioether (sulfide) groups is 1. The van der Waals surface area contributed by atoms with E-state index in [0.29, 0.717) is 10.6 Å². The lowest BCUT2D eigenvalue weighted by Crippen LogP contribution is -2.05. The molecule has 0 aliphatic heterocycles. The highest BCUT2D eigenvalue weighted by Gasteiger charge is 2.19. The van der Waals surface area contributed by atoms with Crippen LogP contribution in [0, 0.1) is 0 Å². The second-order valence-corrected chi connectivity index (χ2v) is 6.38. The van der Waals surface area contributed by atoms with Gasteiger partial charge in [0.15, 0.2) is 5.78 Å². The minimum atomic E-state index is 0.0169. The minimum Gasteiger partial charge on any atom is -0.396 e. The molecule has 0 fully saturated rings. The molecule has 0 amide bonds. The molecule has 0 aliphatic rings. The van der Waals surface area contributed by atoms with Crippen molar-refractivity contribution in [1.82, 2.24) is 0 Å². The molecule has 3 nitrogen and oxygen atoms in total. The molecule has 5 heteroatoms. The van der Waals surface area contributed by atoms with Crippen LogP contribution in [-0.2, 0) is 0 Å². The predicted molar refractivity (Wildman–Crippen MR) is 89.0 cm³/mol. The smallest absolute Gasteiger partial charge is 0.171 e. The summed E-state index contributed by atoms with van der Waals surface area (Å²) in [4.78, 5) is 13.2. The normalized spacial score (nSPS) is 12.2. The SMILES string of the molecule is CSc1c(NC(C)c2ccccc2)sc(C(C)=O)c1N. The first-order chi connectivity index (χ1) is 9.54. The van der Waals surface area contributed by atoms with E-state index >= 15 is 0 Å². The fraction of sp³-hybridized carbons (Fsp3) is 0.267. The standard InChI is InChI=1S/C15H18N2OS2/c1-9(11-7-5-4-6-8-11)17-15-14(19-3)12(16)13(20-15)10(2)18/h4-9,17H,16H2,1-3H3. The van der Waals surface area contributed by atoms with Crippen molar-refractivity contribution in [2.24, 2.45) is 0 Å². The van der Waals surface area contributed by atoms with E-state index in [1.54, 1.807) is 18.7 Å². The molecule has 0 bridgehead atoms. The highest BCUT2D eigenvalue weighted by Crippen LogP contribution is 2.43. The van der Waals surface area contributed by atoms with Crippen LogP contribution in [0.4, 0.5) is 10.7 Å². The van der Waals surface area contributed by atoms with Gasteiger partial charge in [0.05, 0.1) is 15.5 Å². The molecule has 0 saturated carbocycles. The molecule has 0 spiro atoms. The van der Waals surface area contributed by atoms with Crippen molar-refractivity contribution in [3.8, 4) is 0 Å². The van der Waals surface area contributed by atoms with Crippen molar-refractivity contribution in [2.75, 3.05) is 17.3 Å². The first-order valence-electron chi connectivity index (χ1n) is 6.33. The van der Waals surface area contributed by atoms with Gasteiger partial charge in [0.2, 0.25) is 0 Å². The Morgan fingerprint density at radius 3 is 2.55 bits per heavy atom. The Labute approximate surface area is 127 Å². The molecule has 0 radical (unpaired) electrons. The number of hydrogen-bond acceptors (Lipinski definition) is 5. The average molecular weight is 306 g/mol. The van der Waals surface area contributed by atoms with Crippen LogP contribution in [0.3, 0.4) is 0 Å². The number of nitrogens with two attached hydrogens (primary N) is 1. The molecular formula is C15H18N2OS2. The third-order valence-corrected chi connectivity index (χ3v) is 5.27. The van der Waals surface area contributed by atoms with E-state index in [0.717, 1.165) is 9.90 Å². The summed E-state index contributed by atoms with van der Waals surface area (Å²) in [5, 5.41) is 4.43. The summed E-state index contributed by atoms with van der Waals surface area (Å²) < 4.78 is 0. The van der Waals surface area contributed by atoms with Crippen LogP contribution < -0.4 is 11.1 Å². The largest absolute Gasteiger partial charge is 0.396 e. The van der Waals surface area contributed by atoms with E-state index in [1.165, 1.54) is 16.9 Å². The molecule has 1 aromatic heterocycles. The topological polar surface area (TPSA) is 55.1 Å². The molecule has 20 heavy (non-hydrogen) atoms. The highest BCUT2D eigenvalue weighted by atomic mass is 32.2. The van der Waals surface area contributed by atoms with E-state index in [1.807, 2.05) is 24.5 Å². The maximum Gasteiger partial charge on any atom is 0.171 e. The molecule has 1 aromatic carbocycles. The van der Waals surface area contributed by atoms with Crippen LogP contribution in [0.15, 0.2) is 35.2 Å². The third-order valence-electron chi connectivity index (χ3n) is 3.07. The van der Waals surface area contributed by atoms with Gasteiger partial charge in [-0.1, -0.05) is 30.3 Å². The Balaban J connectivity index is 2.29. The molecular weight excluding hydrogens is 288 g/mol. The molecule has 3 N–H and O–H groups in total. The van der Waals surface area contributed by atoms with Crippen molar-refractivity contribution in [1.29, 1.82) is 0 Å². The molecule has 1 atom stereocenters. The van der Waals surface area contributed by atoms with Crippen molar-refractivity contribution in [3.05, 3.63) is 40.8 Å². The number of hydrogen-bond donors (Lipinski definition) is 2. The summed E-state index contributed by atoms with van der Waals surface area (Å²) in [6.07, 6.45) is 1.97. The number of anilines is 2. The summed E-state index contributed by atoms with van der Waals surface area (Å²) in [6, 6.07) is 10.4. The number of ketones is 1. The summed E-state index contributed by atoms with van der Waals surface area (Å²) in [5.41, 5.74) is 7.86. The number of Topliss-reactive ketones (excluding diaryl/α,β-unsaturated/α-hetero) is 1. The van der Waals surface area contributed by atoms with Crippen molar-refractivity contribution in [2.45, 2.75) is 24.8 Å². The first kappa shape index (κ1) is 14.9. The maximum absolute atomic E-state index is 11.6. The molecule has 106 valence electrons. The fourth-order valence-electron chi connectivity index (χ4n) is 2.01. The lowest BCUT2D eigenvalue weighted by Gasteiger charge is -2.15. The average Bonchev–Trinajstić information content (AvgIpc) is 2.76. The van der Waals surface area contributed by atoms with Gasteiger partial charge in [0.1, 0.15) is 5.00 Å². The van der Waals surface area contributed by atoms with Gasteiger partial charge in [-0.3, -0.25) is 4.79 Å². The lowest BCUT2D eigenvalue weighted by molar-refractivity contribution is 0.102. The first-order valence-corrected chi connectivity index (χ1v) is 8.37. The molecule has 0 aliphatic carbocycles. The number of rotatable bonds is 5. The zero-order valence-corrected chi connectivity index (χ0v) is 13.4. The fourth-order valence-corrected chi connectivity index (χ4v) is 4.01. The van der Waals surface area contributed by atoms with Crippen LogP contribution in [0.2, 0.25) is 0 Å². The molecule has 1 heterocycles. The monoisotopic (exact) mass is 306 g/mol. The summed E-state index contributed by atoms with van der Waals surface area (Å²) in [5.74, 6) is 0.0169. The molecule has 2 rings (SSSR count). The number of carbonyl (C=O) groups is 1. The van der Waals surface area contributed by atoms with E-state index in [2.05, 4.69) is 24.4 Å². The zero-order valence-electron chi connectivity index (χ0n) is 11.8. The van der Waals surface area contributed by atoms with Crippen molar-refractivity contribution < 1.29 is 4.79 Å². The Bertz CT molecular complexity index is 608. The van der Waals surface area contributed by atoms with E-state index in [-0.39, 0.29) is 11.8 Å². The van der Waals surface area contributed by atoms with Gasteiger partial charge in [-0.25, -0.2) is 0 Å².